The maximum absolute atomic E-state index is 11.4. The minimum absolute atomic E-state index is 0.0963. The second kappa shape index (κ2) is 5.69. The Bertz CT molecular complexity index is 260. The monoisotopic (exact) mass is 211 g/mol. The summed E-state index contributed by atoms with van der Waals surface area (Å²) in [4.78, 5) is 13.2. The van der Waals surface area contributed by atoms with Crippen molar-refractivity contribution in [2.24, 2.45) is 0 Å². The average Bonchev–Trinajstić information content (AvgIpc) is 2.17. The first kappa shape index (κ1) is 12.0. The van der Waals surface area contributed by atoms with Crippen molar-refractivity contribution in [2.45, 2.75) is 26.0 Å². The van der Waals surface area contributed by atoms with Gasteiger partial charge in [-0.2, -0.15) is 5.26 Å². The van der Waals surface area contributed by atoms with Crippen molar-refractivity contribution in [1.82, 2.24) is 10.2 Å². The van der Waals surface area contributed by atoms with Crippen molar-refractivity contribution < 1.29 is 9.53 Å². The van der Waals surface area contributed by atoms with Crippen LogP contribution >= 0.6 is 0 Å². The van der Waals surface area contributed by atoms with Crippen LogP contribution in [0, 0.1) is 11.3 Å². The summed E-state index contributed by atoms with van der Waals surface area (Å²) in [5.74, 6) is -0.257. The third-order valence-electron chi connectivity index (χ3n) is 2.20. The molecule has 1 atom stereocenters. The normalized spacial score (nSPS) is 22.4. The molecule has 1 fully saturated rings. The Hall–Kier alpha value is -1.12. The second-order valence-electron chi connectivity index (χ2n) is 3.86. The van der Waals surface area contributed by atoms with Gasteiger partial charge < -0.3 is 10.1 Å². The van der Waals surface area contributed by atoms with Gasteiger partial charge in [-0.25, -0.2) is 0 Å². The maximum atomic E-state index is 11.4. The molecule has 1 rings (SSSR count). The molecule has 1 N–H and O–H groups in total. The number of carbonyl (C=O) groups excluding carboxylic acids is 1. The van der Waals surface area contributed by atoms with Crippen molar-refractivity contribution in [1.29, 1.82) is 5.26 Å². The lowest BCUT2D eigenvalue weighted by molar-refractivity contribution is -0.149. The van der Waals surface area contributed by atoms with Crippen molar-refractivity contribution in [2.75, 3.05) is 26.2 Å². The molecule has 1 aliphatic rings. The topological polar surface area (TPSA) is 65.4 Å². The lowest BCUT2D eigenvalue weighted by Gasteiger charge is -2.30. The van der Waals surface area contributed by atoms with E-state index in [4.69, 9.17) is 10.00 Å². The molecule has 1 heterocycles. The third kappa shape index (κ3) is 3.86. The van der Waals surface area contributed by atoms with Crippen LogP contribution in [-0.4, -0.2) is 49.2 Å². The number of ether oxygens (including phenoxy) is 1. The van der Waals surface area contributed by atoms with Crippen LogP contribution in [0.15, 0.2) is 0 Å². The van der Waals surface area contributed by atoms with Crippen LogP contribution in [0.25, 0.3) is 0 Å². The zero-order chi connectivity index (χ0) is 11.3. The molecular weight excluding hydrogens is 194 g/mol. The van der Waals surface area contributed by atoms with Crippen LogP contribution in [-0.2, 0) is 9.53 Å². The van der Waals surface area contributed by atoms with E-state index in [1.54, 1.807) is 0 Å². The summed E-state index contributed by atoms with van der Waals surface area (Å²) in [5, 5.41) is 12.0. The van der Waals surface area contributed by atoms with Gasteiger partial charge in [0.2, 0.25) is 0 Å². The number of nitrogens with zero attached hydrogens (tertiary/aromatic N) is 2. The summed E-state index contributed by atoms with van der Waals surface area (Å²) in [7, 11) is 0. The molecule has 15 heavy (non-hydrogen) atoms. The minimum Gasteiger partial charge on any atom is -0.462 e. The highest BCUT2D eigenvalue weighted by atomic mass is 16.5. The van der Waals surface area contributed by atoms with E-state index in [0.29, 0.717) is 13.1 Å². The first-order valence-electron chi connectivity index (χ1n) is 5.17. The van der Waals surface area contributed by atoms with E-state index in [2.05, 4.69) is 11.4 Å². The van der Waals surface area contributed by atoms with Gasteiger partial charge in [0, 0.05) is 19.6 Å². The summed E-state index contributed by atoms with van der Waals surface area (Å²) in [6.45, 7) is 5.98. The smallest absolute Gasteiger partial charge is 0.320 e. The van der Waals surface area contributed by atoms with Crippen molar-refractivity contribution >= 4 is 5.97 Å². The Morgan fingerprint density at radius 2 is 2.47 bits per heavy atom. The van der Waals surface area contributed by atoms with Gasteiger partial charge in [0.05, 0.1) is 18.7 Å². The molecule has 0 radical (unpaired) electrons. The largest absolute Gasteiger partial charge is 0.462 e. The predicted octanol–water partition coefficient (Wildman–Crippen LogP) is -0.265. The van der Waals surface area contributed by atoms with Crippen LogP contribution < -0.4 is 5.32 Å². The molecule has 0 bridgehead atoms. The van der Waals surface area contributed by atoms with Crippen molar-refractivity contribution in [3.63, 3.8) is 0 Å². The van der Waals surface area contributed by atoms with Gasteiger partial charge in [-0.1, -0.05) is 0 Å². The molecule has 1 aliphatic heterocycles. The Balaban J connectivity index is 2.42. The number of esters is 1. The van der Waals surface area contributed by atoms with Crippen LogP contribution in [0.1, 0.15) is 13.8 Å². The van der Waals surface area contributed by atoms with E-state index >= 15 is 0 Å². The number of hydrogen-bond donors (Lipinski definition) is 1. The molecular formula is C10H17N3O2. The van der Waals surface area contributed by atoms with Gasteiger partial charge in [-0.05, 0) is 13.8 Å². The Kier molecular flexibility index (Phi) is 4.53. The maximum Gasteiger partial charge on any atom is 0.320 e. The molecule has 1 unspecified atom stereocenters. The Labute approximate surface area is 90.0 Å². The van der Waals surface area contributed by atoms with Crippen LogP contribution in [0.5, 0.6) is 0 Å². The second-order valence-corrected chi connectivity index (χ2v) is 3.86. The number of rotatable bonds is 3. The molecule has 0 saturated carbocycles. The van der Waals surface area contributed by atoms with E-state index < -0.39 is 0 Å². The Morgan fingerprint density at radius 1 is 1.73 bits per heavy atom. The molecule has 5 nitrogen and oxygen atoms in total. The lowest BCUT2D eigenvalue weighted by atomic mass is 10.2. The molecule has 5 heteroatoms. The highest BCUT2D eigenvalue weighted by molar-refractivity contribution is 5.72. The quantitative estimate of drug-likeness (QED) is 0.651. The first-order chi connectivity index (χ1) is 7.13. The van der Waals surface area contributed by atoms with Crippen LogP contribution in [0.2, 0.25) is 0 Å². The lowest BCUT2D eigenvalue weighted by Crippen LogP contribution is -2.52. The number of piperazine rings is 1. The molecule has 84 valence electrons. The fraction of sp³-hybridized carbons (Fsp3) is 0.800. The number of nitrogens with one attached hydrogen (secondary N) is 1. The molecule has 0 aliphatic carbocycles. The van der Waals surface area contributed by atoms with Crippen molar-refractivity contribution in [3.05, 3.63) is 0 Å². The zero-order valence-corrected chi connectivity index (χ0v) is 9.19. The fourth-order valence-corrected chi connectivity index (χ4v) is 1.53. The fourth-order valence-electron chi connectivity index (χ4n) is 1.53. The highest BCUT2D eigenvalue weighted by Gasteiger charge is 2.24. The third-order valence-corrected chi connectivity index (χ3v) is 2.20. The standard InChI is InChI=1S/C10H17N3O2/c1-8(2)15-10(14)7-13-4-3-12-6-9(13)5-11/h8-9,12H,3-4,6-7H2,1-2H3. The molecule has 1 saturated heterocycles. The highest BCUT2D eigenvalue weighted by Crippen LogP contribution is 2.02. The number of nitriles is 1. The zero-order valence-electron chi connectivity index (χ0n) is 9.19. The van der Waals surface area contributed by atoms with E-state index in [1.165, 1.54) is 0 Å². The van der Waals surface area contributed by atoms with Gasteiger partial charge in [-0.15, -0.1) is 0 Å². The van der Waals surface area contributed by atoms with E-state index in [0.717, 1.165) is 6.54 Å². The summed E-state index contributed by atoms with van der Waals surface area (Å²) >= 11 is 0. The van der Waals surface area contributed by atoms with Gasteiger partial charge >= 0.3 is 5.97 Å². The minimum atomic E-state index is -0.257. The molecule has 0 spiro atoms. The van der Waals surface area contributed by atoms with Crippen LogP contribution in [0.4, 0.5) is 0 Å². The van der Waals surface area contributed by atoms with E-state index in [9.17, 15) is 4.79 Å². The van der Waals surface area contributed by atoms with Crippen molar-refractivity contribution in [3.8, 4) is 6.07 Å². The molecule has 0 aromatic carbocycles. The number of carbonyl (C=O) groups is 1. The van der Waals surface area contributed by atoms with Gasteiger partial charge in [0.15, 0.2) is 0 Å². The average molecular weight is 211 g/mol. The summed E-state index contributed by atoms with van der Waals surface area (Å²) in [5.41, 5.74) is 0. The van der Waals surface area contributed by atoms with E-state index in [1.807, 2.05) is 18.7 Å². The van der Waals surface area contributed by atoms with Gasteiger partial charge in [0.25, 0.3) is 0 Å². The molecule has 0 amide bonds. The molecule has 0 aromatic heterocycles. The summed E-state index contributed by atoms with van der Waals surface area (Å²) in [6.07, 6.45) is -0.0963. The van der Waals surface area contributed by atoms with Crippen LogP contribution in [0.3, 0.4) is 0 Å². The first-order valence-corrected chi connectivity index (χ1v) is 5.17. The predicted molar refractivity (Wildman–Crippen MR) is 55.1 cm³/mol. The van der Waals surface area contributed by atoms with Gasteiger partial charge in [-0.3, -0.25) is 9.69 Å². The Morgan fingerprint density at radius 3 is 3.07 bits per heavy atom. The summed E-state index contributed by atoms with van der Waals surface area (Å²) < 4.78 is 5.04. The van der Waals surface area contributed by atoms with Gasteiger partial charge in [0.1, 0.15) is 6.04 Å². The molecule has 0 aromatic rings. The SMILES string of the molecule is CC(C)OC(=O)CN1CCNCC1C#N. The summed E-state index contributed by atoms with van der Waals surface area (Å²) in [6, 6.07) is 1.94. The number of hydrogen-bond acceptors (Lipinski definition) is 5. The van der Waals surface area contributed by atoms with E-state index in [-0.39, 0.29) is 24.7 Å².